The summed E-state index contributed by atoms with van der Waals surface area (Å²) in [5.41, 5.74) is 1.71. The Balaban J connectivity index is 1.34. The number of aryl methyl sites for hydroxylation is 1. The molecule has 13 nitrogen and oxygen atoms in total. The van der Waals surface area contributed by atoms with E-state index in [1.165, 1.54) is 11.5 Å². The van der Waals surface area contributed by atoms with E-state index in [4.69, 9.17) is 14.2 Å². The second-order valence-electron chi connectivity index (χ2n) is 12.1. The number of nitrogens with one attached hydrogen (secondary N) is 1. The van der Waals surface area contributed by atoms with Crippen LogP contribution in [-0.4, -0.2) is 86.5 Å². The number of amides is 2. The van der Waals surface area contributed by atoms with Crippen molar-refractivity contribution in [2.45, 2.75) is 58.8 Å². The molecule has 2 amide bonds. The van der Waals surface area contributed by atoms with E-state index in [0.717, 1.165) is 30.3 Å². The minimum Gasteiger partial charge on any atom is -0.491 e. The third-order valence-electron chi connectivity index (χ3n) is 7.74. The molecule has 0 bridgehead atoms. The van der Waals surface area contributed by atoms with Gasteiger partial charge in [-0.05, 0) is 47.0 Å². The molecule has 1 unspecified atom stereocenters. The van der Waals surface area contributed by atoms with Gasteiger partial charge in [-0.2, -0.15) is 9.49 Å². The lowest BCUT2D eigenvalue weighted by molar-refractivity contribution is -0.0367. The van der Waals surface area contributed by atoms with Crippen LogP contribution in [0.25, 0.3) is 16.6 Å². The Hall–Kier alpha value is -4.46. The van der Waals surface area contributed by atoms with Crippen molar-refractivity contribution in [2.75, 3.05) is 50.1 Å². The van der Waals surface area contributed by atoms with Crippen LogP contribution in [0.2, 0.25) is 0 Å². The van der Waals surface area contributed by atoms with Gasteiger partial charge in [0, 0.05) is 50.6 Å². The van der Waals surface area contributed by atoms with E-state index in [9.17, 15) is 9.59 Å². The van der Waals surface area contributed by atoms with E-state index in [2.05, 4.69) is 25.3 Å². The monoisotopic (exact) mass is 608 g/mol. The number of carbonyl (C=O) groups excluding carboxylic acids is 2. The number of aromatic nitrogens is 5. The van der Waals surface area contributed by atoms with Gasteiger partial charge in [0.2, 0.25) is 5.82 Å². The number of carbonyl (C=O) groups is 2. The number of piperazine rings is 1. The number of imidazole rings is 1. The van der Waals surface area contributed by atoms with Gasteiger partial charge in [-0.3, -0.25) is 4.79 Å². The molecular formula is C30H37FN8O5. The summed E-state index contributed by atoms with van der Waals surface area (Å²) in [7, 11) is 1.34. The molecule has 0 saturated carbocycles. The molecule has 4 aromatic heterocycles. The quantitative estimate of drug-likeness (QED) is 0.347. The number of hydrogen-bond donors (Lipinski definition) is 1. The van der Waals surface area contributed by atoms with Crippen molar-refractivity contribution < 1.29 is 28.2 Å². The van der Waals surface area contributed by atoms with E-state index in [-0.39, 0.29) is 35.1 Å². The molecule has 2 aliphatic rings. The number of nitrogens with zero attached hydrogens (tertiary/aromatic N) is 7. The van der Waals surface area contributed by atoms with E-state index in [1.54, 1.807) is 41.3 Å². The van der Waals surface area contributed by atoms with Crippen molar-refractivity contribution in [3.8, 4) is 5.75 Å². The Kier molecular flexibility index (Phi) is 7.78. The lowest BCUT2D eigenvalue weighted by Crippen LogP contribution is -2.50. The van der Waals surface area contributed by atoms with Gasteiger partial charge >= 0.3 is 6.09 Å². The number of methoxy groups -OCH3 is 1. The summed E-state index contributed by atoms with van der Waals surface area (Å²) in [6, 6.07) is 0. The summed E-state index contributed by atoms with van der Waals surface area (Å²) < 4.78 is 35.4. The molecule has 44 heavy (non-hydrogen) atoms. The fourth-order valence-corrected chi connectivity index (χ4v) is 5.72. The molecule has 1 N–H and O–H groups in total. The average molecular weight is 609 g/mol. The van der Waals surface area contributed by atoms with Crippen LogP contribution in [0.15, 0.2) is 24.8 Å². The molecule has 0 radical (unpaired) electrons. The Morgan fingerprint density at radius 2 is 1.89 bits per heavy atom. The fraction of sp³-hybridized carbons (Fsp3) is 0.500. The summed E-state index contributed by atoms with van der Waals surface area (Å²) in [5.74, 6) is -1.36. The molecule has 234 valence electrons. The first-order valence-corrected chi connectivity index (χ1v) is 14.8. The normalized spacial score (nSPS) is 17.7. The smallest absolute Gasteiger partial charge is 0.410 e. The Bertz CT molecular complexity index is 1710. The number of anilines is 2. The van der Waals surface area contributed by atoms with Crippen molar-refractivity contribution in [3.05, 3.63) is 42.0 Å². The van der Waals surface area contributed by atoms with E-state index in [0.29, 0.717) is 44.0 Å². The zero-order valence-electron chi connectivity index (χ0n) is 25.6. The Morgan fingerprint density at radius 1 is 1.11 bits per heavy atom. The number of fused-ring (bicyclic) bond motifs is 2. The molecule has 0 spiro atoms. The van der Waals surface area contributed by atoms with Crippen LogP contribution in [-0.2, 0) is 9.47 Å². The number of rotatable bonds is 5. The minimum absolute atomic E-state index is 0.0986. The first-order chi connectivity index (χ1) is 21.0. The van der Waals surface area contributed by atoms with Gasteiger partial charge in [0.1, 0.15) is 16.8 Å². The summed E-state index contributed by atoms with van der Waals surface area (Å²) in [6.07, 6.45) is 8.56. The van der Waals surface area contributed by atoms with Gasteiger partial charge in [-0.25, -0.2) is 19.4 Å². The van der Waals surface area contributed by atoms with Crippen LogP contribution >= 0.6 is 0 Å². The molecule has 2 fully saturated rings. The molecule has 6 heterocycles. The summed E-state index contributed by atoms with van der Waals surface area (Å²) in [4.78, 5) is 39.1. The maximum absolute atomic E-state index is 15.3. The van der Waals surface area contributed by atoms with Crippen molar-refractivity contribution in [2.24, 2.45) is 0 Å². The minimum atomic E-state index is -0.682. The number of halogens is 1. The molecule has 1 atom stereocenters. The highest BCUT2D eigenvalue weighted by Crippen LogP contribution is 2.35. The molecular weight excluding hydrogens is 571 g/mol. The third kappa shape index (κ3) is 5.61. The first kappa shape index (κ1) is 29.6. The van der Waals surface area contributed by atoms with Gasteiger partial charge in [-0.15, -0.1) is 0 Å². The van der Waals surface area contributed by atoms with Gasteiger partial charge in [-0.1, -0.05) is 0 Å². The maximum atomic E-state index is 15.3. The average Bonchev–Trinajstić information content (AvgIpc) is 3.60. The number of hydrogen-bond acceptors (Lipinski definition) is 9. The standard InChI is InChI=1S/C30H37FN8O5/c1-18-16-38-17-20(26(42-5)23(31)27(38)34-18)35-28(40)24-25-19(14-33-39(25)22-8-6-7-13-43-22)21(15-32-24)36-9-11-37(12-10-36)29(41)44-30(2,3)4/h14-17,22H,6-13H2,1-5H3,(H,35,40). The topological polar surface area (TPSA) is 128 Å². The SMILES string of the molecule is COc1c(NC(=O)c2ncc(N3CCN(C(=O)OC(C)(C)C)CC3)c3cnn(C4CCCCO4)c23)cn2cc(C)nc2c1F. The summed E-state index contributed by atoms with van der Waals surface area (Å²) in [5, 5.41) is 8.19. The highest BCUT2D eigenvalue weighted by molar-refractivity contribution is 6.12. The van der Waals surface area contributed by atoms with Crippen LogP contribution in [0.3, 0.4) is 0 Å². The molecule has 0 aromatic carbocycles. The first-order valence-electron chi connectivity index (χ1n) is 14.8. The summed E-state index contributed by atoms with van der Waals surface area (Å²) in [6.45, 7) is 9.93. The molecule has 0 aliphatic carbocycles. The lowest BCUT2D eigenvalue weighted by atomic mass is 10.1. The molecule has 6 rings (SSSR count). The third-order valence-corrected chi connectivity index (χ3v) is 7.74. The van der Waals surface area contributed by atoms with E-state index >= 15 is 4.39 Å². The van der Waals surface area contributed by atoms with Crippen LogP contribution in [0.1, 0.15) is 62.4 Å². The molecule has 2 aliphatic heterocycles. The van der Waals surface area contributed by atoms with Gasteiger partial charge < -0.3 is 33.7 Å². The number of pyridine rings is 2. The van der Waals surface area contributed by atoms with Crippen molar-refractivity contribution in [3.63, 3.8) is 0 Å². The van der Waals surface area contributed by atoms with E-state index in [1.807, 2.05) is 20.8 Å². The predicted octanol–water partition coefficient (Wildman–Crippen LogP) is 4.54. The lowest BCUT2D eigenvalue weighted by Gasteiger charge is -2.36. The number of ether oxygens (including phenoxy) is 3. The van der Waals surface area contributed by atoms with Crippen LogP contribution in [0.4, 0.5) is 20.6 Å². The Morgan fingerprint density at radius 3 is 2.57 bits per heavy atom. The Labute approximate surface area is 253 Å². The van der Waals surface area contributed by atoms with Crippen LogP contribution in [0.5, 0.6) is 5.75 Å². The van der Waals surface area contributed by atoms with Gasteiger partial charge in [0.05, 0.1) is 30.9 Å². The largest absolute Gasteiger partial charge is 0.491 e. The fourth-order valence-electron chi connectivity index (χ4n) is 5.72. The van der Waals surface area contributed by atoms with Crippen molar-refractivity contribution in [1.29, 1.82) is 0 Å². The van der Waals surface area contributed by atoms with Crippen LogP contribution < -0.4 is 15.0 Å². The van der Waals surface area contributed by atoms with E-state index < -0.39 is 17.3 Å². The van der Waals surface area contributed by atoms with Crippen LogP contribution in [0, 0.1) is 12.7 Å². The predicted molar refractivity (Wildman–Crippen MR) is 161 cm³/mol. The van der Waals surface area contributed by atoms with Crippen molar-refractivity contribution in [1.82, 2.24) is 29.0 Å². The zero-order chi connectivity index (χ0) is 31.2. The summed E-state index contributed by atoms with van der Waals surface area (Å²) >= 11 is 0. The highest BCUT2D eigenvalue weighted by Gasteiger charge is 2.30. The molecule has 14 heteroatoms. The molecule has 2 saturated heterocycles. The second-order valence-corrected chi connectivity index (χ2v) is 12.1. The highest BCUT2D eigenvalue weighted by atomic mass is 19.1. The van der Waals surface area contributed by atoms with Crippen molar-refractivity contribution >= 4 is 39.9 Å². The zero-order valence-corrected chi connectivity index (χ0v) is 25.6. The maximum Gasteiger partial charge on any atom is 0.410 e. The molecule has 4 aromatic rings. The van der Waals surface area contributed by atoms with Gasteiger partial charge in [0.25, 0.3) is 5.91 Å². The van der Waals surface area contributed by atoms with Gasteiger partial charge in [0.15, 0.2) is 23.3 Å². The second kappa shape index (κ2) is 11.6.